The first-order valence-electron chi connectivity index (χ1n) is 15.4. The molecule has 0 saturated carbocycles. The first-order valence-corrected chi connectivity index (χ1v) is 15.4. The molecule has 0 amide bonds. The molecule has 0 radical (unpaired) electrons. The van der Waals surface area contributed by atoms with E-state index in [1.54, 1.807) is 16.7 Å². The van der Waals surface area contributed by atoms with E-state index >= 15 is 0 Å². The van der Waals surface area contributed by atoms with E-state index in [-0.39, 0.29) is 32.5 Å². The highest BCUT2D eigenvalue weighted by atomic mass is 14.4. The van der Waals surface area contributed by atoms with Crippen molar-refractivity contribution >= 4 is 0 Å². The van der Waals surface area contributed by atoms with Gasteiger partial charge in [-0.15, -0.1) is 0 Å². The molecule has 0 aliphatic rings. The van der Waals surface area contributed by atoms with Crippen molar-refractivity contribution in [3.63, 3.8) is 0 Å². The standard InChI is InChI=1S/C39H64/c1-25(22-26-20-21-27(34(2,3)4)28(23-26)35(5,6)7)31-29(36(8,9)10)24-30(37(11,12)13)32(38(14,15)16)33(31)39(17,18)19/h20-21,23-25H,22H2,1-19H3. The molecule has 0 aliphatic carbocycles. The fourth-order valence-electron chi connectivity index (χ4n) is 6.43. The summed E-state index contributed by atoms with van der Waals surface area (Å²) < 4.78 is 0. The van der Waals surface area contributed by atoms with Crippen LogP contribution in [0.4, 0.5) is 0 Å². The van der Waals surface area contributed by atoms with Crippen LogP contribution in [0, 0.1) is 0 Å². The smallest absolute Gasteiger partial charge is 0.0126 e. The monoisotopic (exact) mass is 533 g/mol. The van der Waals surface area contributed by atoms with Crippen LogP contribution in [-0.4, -0.2) is 0 Å². The van der Waals surface area contributed by atoms with Crippen molar-refractivity contribution in [2.75, 3.05) is 0 Å². The Bertz CT molecular complexity index is 1160. The SMILES string of the molecule is CC(Cc1ccc(C(C)(C)C)c(C(C)(C)C)c1)c1c(C(C)(C)C)cc(C(C)(C)C)c(C(C)(C)C)c1C(C)(C)C. The zero-order valence-electron chi connectivity index (χ0n) is 29.6. The number of hydrogen-bond donors (Lipinski definition) is 0. The fraction of sp³-hybridized carbons (Fsp3) is 0.692. The molecule has 0 N–H and O–H groups in total. The molecular weight excluding hydrogens is 468 g/mol. The van der Waals surface area contributed by atoms with Gasteiger partial charge in [-0.3, -0.25) is 0 Å². The average molecular weight is 533 g/mol. The minimum Gasteiger partial charge on any atom is -0.0587 e. The summed E-state index contributed by atoms with van der Waals surface area (Å²) in [6.07, 6.45) is 1.05. The third-order valence-corrected chi connectivity index (χ3v) is 8.22. The van der Waals surface area contributed by atoms with Gasteiger partial charge >= 0.3 is 0 Å². The van der Waals surface area contributed by atoms with Crippen LogP contribution in [0.5, 0.6) is 0 Å². The van der Waals surface area contributed by atoms with Gasteiger partial charge in [0, 0.05) is 0 Å². The predicted molar refractivity (Wildman–Crippen MR) is 177 cm³/mol. The highest BCUT2D eigenvalue weighted by Gasteiger charge is 2.38. The summed E-state index contributed by atoms with van der Waals surface area (Å²) in [5.41, 5.74) is 12.7. The van der Waals surface area contributed by atoms with Crippen LogP contribution in [0.1, 0.15) is 182 Å². The molecule has 0 spiro atoms. The second-order valence-corrected chi connectivity index (χ2v) is 18.6. The molecule has 220 valence electrons. The second kappa shape index (κ2) is 10.4. The predicted octanol–water partition coefficient (Wildman–Crippen LogP) is 11.8. The van der Waals surface area contributed by atoms with Crippen LogP contribution < -0.4 is 0 Å². The third kappa shape index (κ3) is 7.59. The second-order valence-electron chi connectivity index (χ2n) is 18.6. The van der Waals surface area contributed by atoms with Gasteiger partial charge in [-0.25, -0.2) is 0 Å². The van der Waals surface area contributed by atoms with Gasteiger partial charge in [-0.2, -0.15) is 0 Å². The number of hydrogen-bond acceptors (Lipinski definition) is 0. The van der Waals surface area contributed by atoms with Crippen LogP contribution in [0.25, 0.3) is 0 Å². The van der Waals surface area contributed by atoms with E-state index in [4.69, 9.17) is 0 Å². The average Bonchev–Trinajstić information content (AvgIpc) is 2.67. The Labute approximate surface area is 244 Å². The lowest BCUT2D eigenvalue weighted by atomic mass is 9.62. The van der Waals surface area contributed by atoms with Gasteiger partial charge in [-0.1, -0.05) is 156 Å². The van der Waals surface area contributed by atoms with Crippen LogP contribution in [0.3, 0.4) is 0 Å². The van der Waals surface area contributed by atoms with Crippen molar-refractivity contribution in [3.05, 3.63) is 68.8 Å². The summed E-state index contributed by atoms with van der Waals surface area (Å²) in [6.45, 7) is 45.5. The van der Waals surface area contributed by atoms with Crippen molar-refractivity contribution in [2.45, 2.75) is 176 Å². The maximum Gasteiger partial charge on any atom is -0.0126 e. The summed E-state index contributed by atoms with van der Waals surface area (Å²) in [6, 6.07) is 9.96. The van der Waals surface area contributed by atoms with Crippen molar-refractivity contribution in [2.24, 2.45) is 0 Å². The molecule has 0 saturated heterocycles. The van der Waals surface area contributed by atoms with Gasteiger partial charge in [0.15, 0.2) is 0 Å². The van der Waals surface area contributed by atoms with Crippen molar-refractivity contribution < 1.29 is 0 Å². The maximum atomic E-state index is 2.60. The van der Waals surface area contributed by atoms with Crippen LogP contribution in [-0.2, 0) is 38.9 Å². The first-order chi connectivity index (χ1) is 17.1. The van der Waals surface area contributed by atoms with Gasteiger partial charge in [0.2, 0.25) is 0 Å². The Balaban J connectivity index is 2.97. The molecule has 39 heavy (non-hydrogen) atoms. The van der Waals surface area contributed by atoms with Crippen LogP contribution >= 0.6 is 0 Å². The van der Waals surface area contributed by atoms with Crippen LogP contribution in [0.2, 0.25) is 0 Å². The van der Waals surface area contributed by atoms with Gasteiger partial charge < -0.3 is 0 Å². The van der Waals surface area contributed by atoms with Gasteiger partial charge in [-0.05, 0) is 89.3 Å². The van der Waals surface area contributed by atoms with E-state index in [0.717, 1.165) is 6.42 Å². The highest BCUT2D eigenvalue weighted by molar-refractivity contribution is 5.57. The molecule has 0 bridgehead atoms. The molecule has 1 unspecified atom stereocenters. The lowest BCUT2D eigenvalue weighted by molar-refractivity contribution is 0.478. The molecule has 0 heterocycles. The van der Waals surface area contributed by atoms with Crippen molar-refractivity contribution in [1.29, 1.82) is 0 Å². The Hall–Kier alpha value is -1.56. The van der Waals surface area contributed by atoms with Crippen LogP contribution in [0.15, 0.2) is 24.3 Å². The molecule has 2 rings (SSSR count). The zero-order valence-corrected chi connectivity index (χ0v) is 29.6. The summed E-state index contributed by atoms with van der Waals surface area (Å²) in [5, 5.41) is 0. The summed E-state index contributed by atoms with van der Waals surface area (Å²) in [7, 11) is 0. The molecule has 2 aromatic carbocycles. The largest absolute Gasteiger partial charge is 0.0587 e. The molecule has 0 heteroatoms. The normalized spacial score (nSPS) is 15.1. The third-order valence-electron chi connectivity index (χ3n) is 8.22. The maximum absolute atomic E-state index is 2.60. The number of rotatable bonds is 3. The molecule has 0 fully saturated rings. The molecule has 0 nitrogen and oxygen atoms in total. The van der Waals surface area contributed by atoms with Gasteiger partial charge in [0.25, 0.3) is 0 Å². The summed E-state index contributed by atoms with van der Waals surface area (Å²) in [5.74, 6) is 0.414. The topological polar surface area (TPSA) is 0 Å². The van der Waals surface area contributed by atoms with E-state index in [1.165, 1.54) is 27.8 Å². The van der Waals surface area contributed by atoms with E-state index in [0.29, 0.717) is 5.92 Å². The Kier molecular flexibility index (Phi) is 8.94. The Morgan fingerprint density at radius 2 is 0.846 bits per heavy atom. The Morgan fingerprint density at radius 3 is 1.21 bits per heavy atom. The molecule has 1 atom stereocenters. The van der Waals surface area contributed by atoms with E-state index in [2.05, 4.69) is 156 Å². The molecular formula is C39H64. The van der Waals surface area contributed by atoms with Gasteiger partial charge in [0.05, 0.1) is 0 Å². The quantitative estimate of drug-likeness (QED) is 0.369. The lowest BCUT2D eigenvalue weighted by Crippen LogP contribution is -2.33. The van der Waals surface area contributed by atoms with E-state index < -0.39 is 0 Å². The van der Waals surface area contributed by atoms with E-state index in [9.17, 15) is 0 Å². The molecule has 0 aliphatic heterocycles. The highest BCUT2D eigenvalue weighted by Crippen LogP contribution is 2.48. The summed E-state index contributed by atoms with van der Waals surface area (Å²) in [4.78, 5) is 0. The van der Waals surface area contributed by atoms with Crippen molar-refractivity contribution in [3.8, 4) is 0 Å². The zero-order chi connectivity index (χ0) is 30.7. The Morgan fingerprint density at radius 1 is 0.436 bits per heavy atom. The summed E-state index contributed by atoms with van der Waals surface area (Å²) >= 11 is 0. The van der Waals surface area contributed by atoms with Crippen molar-refractivity contribution in [1.82, 2.24) is 0 Å². The number of benzene rings is 2. The first kappa shape index (κ1) is 33.6. The lowest BCUT2D eigenvalue weighted by Gasteiger charge is -2.42. The molecule has 2 aromatic rings. The minimum absolute atomic E-state index is 0.0418. The fourth-order valence-corrected chi connectivity index (χ4v) is 6.43. The molecule has 0 aromatic heterocycles. The minimum atomic E-state index is 0.0418. The van der Waals surface area contributed by atoms with Gasteiger partial charge in [0.1, 0.15) is 0 Å². The van der Waals surface area contributed by atoms with E-state index in [1.807, 2.05) is 0 Å².